The molecule has 0 spiro atoms. The first kappa shape index (κ1) is 39.4. The van der Waals surface area contributed by atoms with Gasteiger partial charge in [0.15, 0.2) is 0 Å². The quantitative estimate of drug-likeness (QED) is 0.0625. The zero-order chi connectivity index (χ0) is 31.1. The Morgan fingerprint density at radius 2 is 0.977 bits per heavy atom. The summed E-state index contributed by atoms with van der Waals surface area (Å²) in [5.74, 6) is 2.36. The van der Waals surface area contributed by atoms with Gasteiger partial charge in [0, 0.05) is 32.6 Å². The number of hydrogen-bond acceptors (Lipinski definition) is 5. The van der Waals surface area contributed by atoms with E-state index in [9.17, 15) is 9.59 Å². The minimum Gasteiger partial charge on any atom is -0.378 e. The fraction of sp³-hybridized carbons (Fsp3) is 0.865. The second-order valence-electron chi connectivity index (χ2n) is 12.4. The second kappa shape index (κ2) is 30.4. The lowest BCUT2D eigenvalue weighted by Crippen LogP contribution is -2.40. The molecule has 0 aromatic carbocycles. The maximum absolute atomic E-state index is 12.0. The van der Waals surface area contributed by atoms with Crippen molar-refractivity contribution >= 4 is 11.8 Å². The first-order valence-electron chi connectivity index (χ1n) is 18.3. The van der Waals surface area contributed by atoms with Crippen LogP contribution >= 0.6 is 0 Å². The molecule has 2 aliphatic rings. The van der Waals surface area contributed by atoms with E-state index in [0.29, 0.717) is 38.0 Å². The van der Waals surface area contributed by atoms with Crippen molar-refractivity contribution in [3.63, 3.8) is 0 Å². The molecule has 0 aliphatic carbocycles. The number of rotatable bonds is 24. The predicted octanol–water partition coefficient (Wildman–Crippen LogP) is 9.06. The van der Waals surface area contributed by atoms with E-state index in [2.05, 4.69) is 19.9 Å². The number of hydrogen-bond donors (Lipinski definition) is 0. The van der Waals surface area contributed by atoms with Crippen LogP contribution in [0, 0.1) is 0 Å². The molecule has 2 rings (SSSR count). The predicted molar refractivity (Wildman–Crippen MR) is 181 cm³/mol. The Hall–Kier alpha value is -1.62. The van der Waals surface area contributed by atoms with Gasteiger partial charge in [-0.3, -0.25) is 4.79 Å². The molecule has 0 unspecified atom stereocenters. The van der Waals surface area contributed by atoms with E-state index < -0.39 is 0 Å². The van der Waals surface area contributed by atoms with Crippen LogP contribution in [0.25, 0.3) is 0 Å². The van der Waals surface area contributed by atoms with E-state index in [0.717, 1.165) is 45.4 Å². The van der Waals surface area contributed by atoms with Crippen molar-refractivity contribution in [2.45, 2.75) is 155 Å². The summed E-state index contributed by atoms with van der Waals surface area (Å²) in [7, 11) is 0. The molecule has 0 saturated carbocycles. The third-order valence-electron chi connectivity index (χ3n) is 8.56. The maximum Gasteiger partial charge on any atom is 0.222 e. The SMILES string of the molecule is CCCCCCC=CC(=C=O)N1CCOCC1.CCCCCCCCCCCCCCCCCCC(=O)N1CCOCC1. The van der Waals surface area contributed by atoms with E-state index >= 15 is 0 Å². The smallest absolute Gasteiger partial charge is 0.222 e. The summed E-state index contributed by atoms with van der Waals surface area (Å²) in [6.45, 7) is 10.5. The molecular weight excluding hydrogens is 536 g/mol. The third-order valence-corrected chi connectivity index (χ3v) is 8.56. The molecule has 0 N–H and O–H groups in total. The highest BCUT2D eigenvalue weighted by Gasteiger charge is 2.16. The Labute approximate surface area is 266 Å². The van der Waals surface area contributed by atoms with Crippen molar-refractivity contribution in [3.8, 4) is 0 Å². The standard InChI is InChI=1S/C23H45NO2.C14H23NO2/c1-2-3-4-5-6-7-8-9-10-11-12-13-14-15-16-17-18-23(25)24-19-21-26-22-20-24;1-2-3-4-5-6-7-8-14(13-16)15-9-11-17-12-10-15/h2-22H2,1H3;7-8H,2-6,9-12H2,1H3. The Morgan fingerprint density at radius 1 is 0.581 bits per heavy atom. The lowest BCUT2D eigenvalue weighted by atomic mass is 10.0. The molecule has 2 aliphatic heterocycles. The summed E-state index contributed by atoms with van der Waals surface area (Å²) in [5, 5.41) is 0. The van der Waals surface area contributed by atoms with Crippen LogP contribution in [0.1, 0.15) is 155 Å². The van der Waals surface area contributed by atoms with E-state index in [1.807, 2.05) is 21.8 Å². The summed E-state index contributed by atoms with van der Waals surface area (Å²) < 4.78 is 10.5. The van der Waals surface area contributed by atoms with E-state index in [-0.39, 0.29) is 0 Å². The minimum atomic E-state index is 0.332. The summed E-state index contributed by atoms with van der Waals surface area (Å²) in [4.78, 5) is 26.9. The van der Waals surface area contributed by atoms with Gasteiger partial charge in [-0.25, -0.2) is 4.79 Å². The lowest BCUT2D eigenvalue weighted by molar-refractivity contribution is -0.135. The molecule has 2 fully saturated rings. The molecule has 2 saturated heterocycles. The molecule has 0 radical (unpaired) electrons. The molecule has 43 heavy (non-hydrogen) atoms. The van der Waals surface area contributed by atoms with Gasteiger partial charge in [-0.2, -0.15) is 0 Å². The zero-order valence-corrected chi connectivity index (χ0v) is 28.4. The highest BCUT2D eigenvalue weighted by molar-refractivity contribution is 5.76. The lowest BCUT2D eigenvalue weighted by Gasteiger charge is -2.27. The number of ether oxygens (including phenoxy) is 2. The average molecular weight is 605 g/mol. The summed E-state index contributed by atoms with van der Waals surface area (Å²) >= 11 is 0. The molecule has 0 atom stereocenters. The van der Waals surface area contributed by atoms with E-state index in [1.165, 1.54) is 122 Å². The Morgan fingerprint density at radius 3 is 1.42 bits per heavy atom. The average Bonchev–Trinajstić information content (AvgIpc) is 3.05. The van der Waals surface area contributed by atoms with Gasteiger partial charge < -0.3 is 19.3 Å². The molecule has 0 bridgehead atoms. The third kappa shape index (κ3) is 23.4. The summed E-state index contributed by atoms with van der Waals surface area (Å²) in [5.41, 5.74) is 0.670. The van der Waals surface area contributed by atoms with Crippen LogP contribution < -0.4 is 0 Å². The number of morpholine rings is 2. The molecule has 1 amide bonds. The number of nitrogens with zero attached hydrogens (tertiary/aromatic N) is 2. The highest BCUT2D eigenvalue weighted by atomic mass is 16.5. The van der Waals surface area contributed by atoms with Crippen molar-refractivity contribution < 1.29 is 19.1 Å². The Bertz CT molecular complexity index is 707. The topological polar surface area (TPSA) is 59.1 Å². The molecule has 250 valence electrons. The molecule has 0 aromatic heterocycles. The maximum atomic E-state index is 12.0. The molecule has 6 nitrogen and oxygen atoms in total. The van der Waals surface area contributed by atoms with Gasteiger partial charge in [-0.05, 0) is 25.3 Å². The van der Waals surface area contributed by atoms with Crippen molar-refractivity contribution in [3.05, 3.63) is 17.8 Å². The van der Waals surface area contributed by atoms with Gasteiger partial charge in [0.2, 0.25) is 5.91 Å². The number of carbonyl (C=O) groups excluding carboxylic acids is 2. The largest absolute Gasteiger partial charge is 0.378 e. The zero-order valence-electron chi connectivity index (χ0n) is 28.4. The van der Waals surface area contributed by atoms with Crippen LogP contribution in [0.15, 0.2) is 17.8 Å². The van der Waals surface area contributed by atoms with Crippen molar-refractivity contribution in [1.29, 1.82) is 0 Å². The summed E-state index contributed by atoms with van der Waals surface area (Å²) in [6.07, 6.45) is 32.9. The van der Waals surface area contributed by atoms with Crippen LogP contribution in [-0.4, -0.2) is 74.3 Å². The van der Waals surface area contributed by atoms with E-state index in [1.54, 1.807) is 0 Å². The van der Waals surface area contributed by atoms with Gasteiger partial charge in [-0.1, -0.05) is 135 Å². The second-order valence-corrected chi connectivity index (χ2v) is 12.4. The minimum absolute atomic E-state index is 0.332. The van der Waals surface area contributed by atoms with Crippen molar-refractivity contribution in [2.24, 2.45) is 0 Å². The number of carbonyl (C=O) groups is 1. The number of unbranched alkanes of at least 4 members (excludes halogenated alkanes) is 19. The Kier molecular flexibility index (Phi) is 27.9. The molecular formula is C37H68N2O4. The number of allylic oxidation sites excluding steroid dienone is 2. The van der Waals surface area contributed by atoms with Crippen molar-refractivity contribution in [1.82, 2.24) is 9.80 Å². The number of amides is 1. The monoisotopic (exact) mass is 605 g/mol. The van der Waals surface area contributed by atoms with E-state index in [4.69, 9.17) is 9.47 Å². The van der Waals surface area contributed by atoms with Crippen LogP contribution in [0.5, 0.6) is 0 Å². The van der Waals surface area contributed by atoms with Gasteiger partial charge in [0.25, 0.3) is 0 Å². The molecule has 6 heteroatoms. The van der Waals surface area contributed by atoms with Crippen molar-refractivity contribution in [2.75, 3.05) is 52.6 Å². The first-order valence-corrected chi connectivity index (χ1v) is 18.3. The van der Waals surface area contributed by atoms with Crippen LogP contribution in [0.3, 0.4) is 0 Å². The molecule has 0 aromatic rings. The van der Waals surface area contributed by atoms with Gasteiger partial charge in [0.05, 0.1) is 26.4 Å². The molecule has 2 heterocycles. The Balaban J connectivity index is 0.000000469. The van der Waals surface area contributed by atoms with Gasteiger partial charge >= 0.3 is 0 Å². The summed E-state index contributed by atoms with van der Waals surface area (Å²) in [6, 6.07) is 0. The van der Waals surface area contributed by atoms with Gasteiger partial charge in [0.1, 0.15) is 11.6 Å². The highest BCUT2D eigenvalue weighted by Crippen LogP contribution is 2.15. The van der Waals surface area contributed by atoms with Crippen LogP contribution in [-0.2, 0) is 19.1 Å². The normalized spacial score (nSPS) is 15.3. The van der Waals surface area contributed by atoms with Crippen LogP contribution in [0.4, 0.5) is 0 Å². The fourth-order valence-electron chi connectivity index (χ4n) is 5.69. The van der Waals surface area contributed by atoms with Crippen LogP contribution in [0.2, 0.25) is 0 Å². The fourth-order valence-corrected chi connectivity index (χ4v) is 5.69. The van der Waals surface area contributed by atoms with Gasteiger partial charge in [-0.15, -0.1) is 0 Å². The first-order chi connectivity index (χ1) is 21.2.